The molecule has 0 aromatic rings. The van der Waals surface area contributed by atoms with Gasteiger partial charge in [-0.3, -0.25) is 8.42 Å². The van der Waals surface area contributed by atoms with E-state index in [1.54, 1.807) is 0 Å². The van der Waals surface area contributed by atoms with Gasteiger partial charge >= 0.3 is 0 Å². The van der Waals surface area contributed by atoms with Crippen LogP contribution in [0.1, 0.15) is 6.42 Å². The standard InChI is InChI=1S/C17H34N4O10.H2O4S/c18-2-6-10(24)12(26)8(21)16(28-6)30-14-5(20)1-4(19)9(23)15(14)31-17-13(27)11(25)7(3-22)29-17;1-5(2,3)4/h4-17,22-27H,1-3,18-21H2;(H2,1,2,3,4)/p-2/t4-,5+,6-,7-,8-,9+,10-,11-,12-,13-,14-,15-,16-,17+;/m1./s1. The van der Waals surface area contributed by atoms with Gasteiger partial charge < -0.3 is 81.6 Å². The molecule has 2 heterocycles. The van der Waals surface area contributed by atoms with Gasteiger partial charge in [-0.15, -0.1) is 0 Å². The number of aliphatic hydroxyl groups excluding tert-OH is 6. The lowest BCUT2D eigenvalue weighted by Crippen LogP contribution is -2.68. The van der Waals surface area contributed by atoms with Crippen molar-refractivity contribution in [3.63, 3.8) is 0 Å². The smallest absolute Gasteiger partial charge is 0.187 e. The van der Waals surface area contributed by atoms with Crippen molar-refractivity contribution >= 4 is 10.4 Å². The summed E-state index contributed by atoms with van der Waals surface area (Å²) in [6.07, 6.45) is -13.8. The molecule has 3 rings (SSSR count). The molecule has 3 aliphatic rings. The molecule has 19 heteroatoms. The predicted molar refractivity (Wildman–Crippen MR) is 112 cm³/mol. The van der Waals surface area contributed by atoms with Gasteiger partial charge in [-0.05, 0) is 6.42 Å². The lowest BCUT2D eigenvalue weighted by atomic mass is 9.84. The average Bonchev–Trinajstić information content (AvgIpc) is 3.06. The molecule has 18 nitrogen and oxygen atoms in total. The summed E-state index contributed by atoms with van der Waals surface area (Å²) < 4.78 is 56.5. The van der Waals surface area contributed by atoms with Crippen LogP contribution in [0.3, 0.4) is 0 Å². The zero-order chi connectivity index (χ0) is 27.5. The maximum Gasteiger partial charge on any atom is 0.187 e. The van der Waals surface area contributed by atoms with Crippen LogP contribution in [0.15, 0.2) is 0 Å². The van der Waals surface area contributed by atoms with E-state index in [1.165, 1.54) is 0 Å². The van der Waals surface area contributed by atoms with E-state index in [0.29, 0.717) is 0 Å². The molecule has 0 aromatic heterocycles. The van der Waals surface area contributed by atoms with Crippen LogP contribution in [0.25, 0.3) is 0 Å². The van der Waals surface area contributed by atoms with Crippen molar-refractivity contribution in [3.05, 3.63) is 0 Å². The Morgan fingerprint density at radius 2 is 1.28 bits per heavy atom. The van der Waals surface area contributed by atoms with Crippen molar-refractivity contribution < 1.29 is 67.1 Å². The fourth-order valence-electron chi connectivity index (χ4n) is 4.16. The zero-order valence-electron chi connectivity index (χ0n) is 18.9. The molecule has 0 radical (unpaired) electrons. The molecule has 14 atom stereocenters. The third-order valence-corrected chi connectivity index (χ3v) is 6.13. The highest BCUT2D eigenvalue weighted by molar-refractivity contribution is 7.79. The molecule has 14 N–H and O–H groups in total. The summed E-state index contributed by atoms with van der Waals surface area (Å²) in [5, 5.41) is 60.2. The zero-order valence-corrected chi connectivity index (χ0v) is 19.7. The number of hydrogen-bond donors (Lipinski definition) is 10. The van der Waals surface area contributed by atoms with Crippen LogP contribution in [0.4, 0.5) is 0 Å². The van der Waals surface area contributed by atoms with Crippen molar-refractivity contribution in [1.29, 1.82) is 0 Å². The summed E-state index contributed by atoms with van der Waals surface area (Å²) in [6.45, 7) is -0.673. The molecule has 0 bridgehead atoms. The van der Waals surface area contributed by atoms with Crippen LogP contribution in [-0.4, -0.2) is 147 Å². The molecule has 36 heavy (non-hydrogen) atoms. The number of rotatable bonds is 6. The van der Waals surface area contributed by atoms with E-state index >= 15 is 0 Å². The highest BCUT2D eigenvalue weighted by atomic mass is 32.3. The molecule has 0 aromatic carbocycles. The van der Waals surface area contributed by atoms with E-state index in [9.17, 15) is 30.6 Å². The Morgan fingerprint density at radius 1 is 0.778 bits per heavy atom. The van der Waals surface area contributed by atoms with Crippen LogP contribution in [0.2, 0.25) is 0 Å². The minimum Gasteiger partial charge on any atom is -0.759 e. The van der Waals surface area contributed by atoms with Crippen LogP contribution in [-0.2, 0) is 29.3 Å². The Balaban J connectivity index is 0.000000830. The van der Waals surface area contributed by atoms with Crippen molar-refractivity contribution in [2.24, 2.45) is 22.9 Å². The van der Waals surface area contributed by atoms with Gasteiger partial charge in [0.05, 0.1) is 18.8 Å². The Hall–Kier alpha value is -0.690. The second-order valence-electron chi connectivity index (χ2n) is 8.71. The molecule has 0 unspecified atom stereocenters. The summed E-state index contributed by atoms with van der Waals surface area (Å²) >= 11 is 0. The summed E-state index contributed by atoms with van der Waals surface area (Å²) in [5.74, 6) is 0. The van der Waals surface area contributed by atoms with Gasteiger partial charge in [-0.2, -0.15) is 0 Å². The van der Waals surface area contributed by atoms with Gasteiger partial charge in [-0.25, -0.2) is 0 Å². The quantitative estimate of drug-likeness (QED) is 0.108. The lowest BCUT2D eigenvalue weighted by molar-refractivity contribution is -0.306. The Morgan fingerprint density at radius 3 is 1.78 bits per heavy atom. The van der Waals surface area contributed by atoms with E-state index < -0.39 is 103 Å². The first kappa shape index (κ1) is 31.5. The molecule has 1 aliphatic carbocycles. The second-order valence-corrected chi connectivity index (χ2v) is 9.52. The molecule has 1 saturated carbocycles. The Bertz CT molecular complexity index is 787. The van der Waals surface area contributed by atoms with Crippen LogP contribution in [0.5, 0.6) is 0 Å². The molecule has 0 amide bonds. The summed E-state index contributed by atoms with van der Waals surface area (Å²) in [4.78, 5) is 0. The van der Waals surface area contributed by atoms with Gasteiger partial charge in [0.2, 0.25) is 0 Å². The number of ether oxygens (including phenoxy) is 4. The van der Waals surface area contributed by atoms with E-state index in [0.717, 1.165) is 0 Å². The maximum absolute atomic E-state index is 10.6. The largest absolute Gasteiger partial charge is 0.759 e. The molecular formula is C17H34N4O14S-2. The van der Waals surface area contributed by atoms with Gasteiger partial charge in [0.25, 0.3) is 0 Å². The molecule has 0 spiro atoms. The lowest BCUT2D eigenvalue weighted by Gasteiger charge is -2.47. The number of aliphatic hydroxyl groups is 6. The van der Waals surface area contributed by atoms with E-state index in [2.05, 4.69) is 0 Å². The van der Waals surface area contributed by atoms with E-state index in [4.69, 9.17) is 59.4 Å². The normalized spacial score (nSPS) is 47.8. The third-order valence-electron chi connectivity index (χ3n) is 6.13. The van der Waals surface area contributed by atoms with Gasteiger partial charge in [-0.1, -0.05) is 0 Å². The van der Waals surface area contributed by atoms with Crippen molar-refractivity contribution in [3.8, 4) is 0 Å². The highest BCUT2D eigenvalue weighted by Crippen LogP contribution is 2.31. The molecule has 2 saturated heterocycles. The van der Waals surface area contributed by atoms with Crippen molar-refractivity contribution in [1.82, 2.24) is 0 Å². The fourth-order valence-corrected chi connectivity index (χ4v) is 4.16. The molecule has 3 fully saturated rings. The molecular weight excluding hydrogens is 516 g/mol. The SMILES string of the molecule is NC[C@H]1O[C@H](O[C@H]2[C@H](O[C@@H]3O[C@H](CO)[C@@H](O)[C@H]3O)[C@@H](O)[C@H](N)C[C@@H]2N)[C@H](N)[C@@H](O)[C@@H]1O.O=S(=O)([O-])[O-]. The summed E-state index contributed by atoms with van der Waals surface area (Å²) in [6, 6.07) is -2.72. The minimum atomic E-state index is -5.17. The summed E-state index contributed by atoms with van der Waals surface area (Å²) in [7, 11) is -5.17. The van der Waals surface area contributed by atoms with Crippen molar-refractivity contribution in [2.45, 2.75) is 92.1 Å². The van der Waals surface area contributed by atoms with Gasteiger partial charge in [0.15, 0.2) is 12.6 Å². The second kappa shape index (κ2) is 12.9. The van der Waals surface area contributed by atoms with Crippen LogP contribution >= 0.6 is 0 Å². The van der Waals surface area contributed by atoms with E-state index in [1.807, 2.05) is 0 Å². The number of nitrogens with two attached hydrogens (primary N) is 4. The molecule has 214 valence electrons. The first-order valence-electron chi connectivity index (χ1n) is 10.9. The average molecular weight is 551 g/mol. The van der Waals surface area contributed by atoms with E-state index in [-0.39, 0.29) is 13.0 Å². The Labute approximate surface area is 206 Å². The first-order valence-corrected chi connectivity index (χ1v) is 12.2. The Kier molecular flexibility index (Phi) is 11.3. The highest BCUT2D eigenvalue weighted by Gasteiger charge is 2.52. The predicted octanol–water partition coefficient (Wildman–Crippen LogP) is -7.99. The topological polar surface area (TPSA) is 343 Å². The van der Waals surface area contributed by atoms with Crippen LogP contribution in [0, 0.1) is 0 Å². The summed E-state index contributed by atoms with van der Waals surface area (Å²) in [5.41, 5.74) is 23.6. The molecule has 2 aliphatic heterocycles. The van der Waals surface area contributed by atoms with Crippen molar-refractivity contribution in [2.75, 3.05) is 13.2 Å². The van der Waals surface area contributed by atoms with Gasteiger partial charge in [0.1, 0.15) is 48.8 Å². The number of hydrogen-bond acceptors (Lipinski definition) is 18. The van der Waals surface area contributed by atoms with Crippen LogP contribution < -0.4 is 22.9 Å². The third kappa shape index (κ3) is 7.68. The maximum atomic E-state index is 10.6. The van der Waals surface area contributed by atoms with Gasteiger partial charge in [0, 0.05) is 29.0 Å². The fraction of sp³-hybridized carbons (Fsp3) is 1.00. The monoisotopic (exact) mass is 550 g/mol. The minimum absolute atomic E-state index is 0.114. The first-order chi connectivity index (χ1) is 16.6.